The number of carbonyl (C=O) groups excluding carboxylic acids is 4. The molecule has 1 aliphatic carbocycles. The van der Waals surface area contributed by atoms with Gasteiger partial charge in [-0.2, -0.15) is 5.26 Å². The predicted octanol–water partition coefficient (Wildman–Crippen LogP) is 5.12. The third-order valence-corrected chi connectivity index (χ3v) is 17.5. The van der Waals surface area contributed by atoms with E-state index in [2.05, 4.69) is 74.3 Å². The minimum Gasteiger partial charge on any atom is -0.489 e. The normalized spacial score (nSPS) is 23.5. The zero-order valence-corrected chi connectivity index (χ0v) is 47.5. The number of rotatable bonds is 17. The molecule has 5 heterocycles. The monoisotopic (exact) mass is 1090 g/mol. The molecule has 4 fully saturated rings. The van der Waals surface area contributed by atoms with Crippen molar-refractivity contribution in [2.24, 2.45) is 16.2 Å². The van der Waals surface area contributed by atoms with E-state index in [1.807, 2.05) is 70.5 Å². The van der Waals surface area contributed by atoms with Gasteiger partial charge in [-0.1, -0.05) is 84.3 Å². The highest BCUT2D eigenvalue weighted by atomic mass is 35.5. The number of aryl methyl sites for hydroxylation is 1. The number of nitriles is 1. The Morgan fingerprint density at radius 3 is 2.23 bits per heavy atom. The first kappa shape index (κ1) is 57.5. The van der Waals surface area contributed by atoms with Crippen molar-refractivity contribution in [1.29, 1.82) is 5.26 Å². The lowest BCUT2D eigenvalue weighted by atomic mass is 9.49. The van der Waals surface area contributed by atoms with Gasteiger partial charge in [0.15, 0.2) is 0 Å². The molecule has 4 amide bonds. The van der Waals surface area contributed by atoms with E-state index in [9.17, 15) is 34.7 Å². The predicted molar refractivity (Wildman–Crippen MR) is 298 cm³/mol. The van der Waals surface area contributed by atoms with Crippen molar-refractivity contribution in [3.8, 4) is 22.3 Å². The molecular weight excluding hydrogens is 1020 g/mol. The molecule has 5 N–H and O–H groups in total. The number of amides is 4. The lowest BCUT2D eigenvalue weighted by Crippen LogP contribution is -2.74. The Hall–Kier alpha value is -5.72. The molecule has 3 aliphatic heterocycles. The Labute approximate surface area is 462 Å². The summed E-state index contributed by atoms with van der Waals surface area (Å²) in [7, 11) is 0. The van der Waals surface area contributed by atoms with Gasteiger partial charge in [0, 0.05) is 101 Å². The summed E-state index contributed by atoms with van der Waals surface area (Å²) in [5.41, 5.74) is 4.08. The number of aromatic nitrogens is 2. The maximum Gasteiger partial charge on any atom is 0.253 e. The number of likely N-dealkylation sites (tertiary alicyclic amines) is 1. The van der Waals surface area contributed by atoms with Gasteiger partial charge in [0.05, 0.1) is 63.6 Å². The third kappa shape index (κ3) is 12.9. The zero-order chi connectivity index (χ0) is 55.6. The first-order valence-electron chi connectivity index (χ1n) is 26.7. The number of halogens is 1. The molecule has 0 spiro atoms. The van der Waals surface area contributed by atoms with Crippen molar-refractivity contribution in [3.63, 3.8) is 0 Å². The van der Waals surface area contributed by atoms with Gasteiger partial charge in [0.1, 0.15) is 35.8 Å². The maximum atomic E-state index is 14.3. The number of aliphatic hydroxyl groups is 2. The quantitative estimate of drug-likeness (QED) is 0.0928. The summed E-state index contributed by atoms with van der Waals surface area (Å²) < 4.78 is 6.39. The summed E-state index contributed by atoms with van der Waals surface area (Å²) >= 11 is 7.85. The van der Waals surface area contributed by atoms with Crippen LogP contribution in [0.25, 0.3) is 10.4 Å². The molecular formula is C57H76ClN11O7S. The van der Waals surface area contributed by atoms with Gasteiger partial charge in [-0.3, -0.25) is 33.9 Å². The number of nitrogens with one attached hydrogen (secondary N) is 3. The van der Waals surface area contributed by atoms with E-state index in [4.69, 9.17) is 21.3 Å². The standard InChI is InChI=1S/C57H76ClN11O7S/c1-35(37-10-12-38(13-11-37)48-36(2)61-34-77-48)62-51(74)45-26-42(71)31-69(45)52(75)49(55(3,4)5)63-47(72)32-66-20-18-65(19-21-66)22-23-67-24-25-68(30-41(67)33-70)46-17-15-40(29-60-46)50(73)64-53-56(6,7)54(57(53,8)9)76-43-16-14-39(28-59)44(58)27-43/h10-17,27,29,34-35,41-42,45,49,53-54,70-71H,18-26,30-33H2,1-9H3,(H,62,74)(H,63,72)(H,64,73)/t35-,41-,42+,45-,49+,53?,54?/m0/s1. The SMILES string of the molecule is Cc1ncsc1-c1ccc([C@H](C)NC(=O)[C@@H]2C[C@@H](O)CN2C(=O)[C@@H](NC(=O)CN2CCN(CCN3CCN(c4ccc(C(=O)NC5C(C)(C)C(Oc6ccc(C#N)c(Cl)c6)C5(C)C)cn4)C[C@H]3CO)CC2)C(C)(C)C)cc1. The van der Waals surface area contributed by atoms with Crippen molar-refractivity contribution >= 4 is 52.4 Å². The van der Waals surface area contributed by atoms with Crippen LogP contribution in [0.5, 0.6) is 5.75 Å². The Morgan fingerprint density at radius 1 is 0.922 bits per heavy atom. The highest BCUT2D eigenvalue weighted by Crippen LogP contribution is 2.55. The van der Waals surface area contributed by atoms with E-state index < -0.39 is 40.3 Å². The third-order valence-electron chi connectivity index (χ3n) is 16.2. The minimum absolute atomic E-state index is 0.00101. The summed E-state index contributed by atoms with van der Waals surface area (Å²) in [5.74, 6) is 0.0700. The summed E-state index contributed by atoms with van der Waals surface area (Å²) in [6.45, 7) is 24.4. The number of anilines is 1. The van der Waals surface area contributed by atoms with E-state index >= 15 is 0 Å². The lowest BCUT2D eigenvalue weighted by molar-refractivity contribution is -0.164. The number of thiazole rings is 1. The highest BCUT2D eigenvalue weighted by Gasteiger charge is 2.64. The second-order valence-corrected chi connectivity index (χ2v) is 24.8. The van der Waals surface area contributed by atoms with Crippen LogP contribution in [-0.4, -0.2) is 178 Å². The van der Waals surface area contributed by atoms with Crippen molar-refractivity contribution in [2.45, 2.75) is 111 Å². The number of carbonyl (C=O) groups is 4. The van der Waals surface area contributed by atoms with Gasteiger partial charge >= 0.3 is 0 Å². The fourth-order valence-corrected chi connectivity index (χ4v) is 13.0. The Morgan fingerprint density at radius 2 is 1.62 bits per heavy atom. The van der Waals surface area contributed by atoms with Crippen molar-refractivity contribution < 1.29 is 34.1 Å². The number of hydrogen-bond acceptors (Lipinski definition) is 15. The smallest absolute Gasteiger partial charge is 0.253 e. The fraction of sp³-hybridized carbons (Fsp3) is 0.561. The average Bonchev–Trinajstić information content (AvgIpc) is 4.19. The van der Waals surface area contributed by atoms with Crippen LogP contribution < -0.4 is 25.6 Å². The molecule has 0 bridgehead atoms. The Kier molecular flexibility index (Phi) is 17.7. The number of piperazine rings is 2. The Balaban J connectivity index is 0.765. The molecule has 4 aromatic rings. The first-order valence-corrected chi connectivity index (χ1v) is 28.0. The lowest BCUT2D eigenvalue weighted by Gasteiger charge is -2.63. The molecule has 0 radical (unpaired) electrons. The van der Waals surface area contributed by atoms with E-state index in [0.29, 0.717) is 48.1 Å². The molecule has 414 valence electrons. The number of benzene rings is 2. The van der Waals surface area contributed by atoms with Gasteiger partial charge in [-0.15, -0.1) is 11.3 Å². The minimum atomic E-state index is -0.920. The summed E-state index contributed by atoms with van der Waals surface area (Å²) in [6, 6.07) is 16.3. The van der Waals surface area contributed by atoms with Crippen LogP contribution in [0.4, 0.5) is 5.82 Å². The van der Waals surface area contributed by atoms with Crippen LogP contribution in [0.3, 0.4) is 0 Å². The molecule has 1 saturated carbocycles. The zero-order valence-electron chi connectivity index (χ0n) is 45.9. The second-order valence-electron chi connectivity index (χ2n) is 23.5. The molecule has 18 nitrogen and oxygen atoms in total. The molecule has 8 rings (SSSR count). The number of nitrogens with zero attached hydrogens (tertiary/aromatic N) is 8. The molecule has 77 heavy (non-hydrogen) atoms. The van der Waals surface area contributed by atoms with Crippen molar-refractivity contribution in [2.75, 3.05) is 83.5 Å². The van der Waals surface area contributed by atoms with Crippen LogP contribution in [0.2, 0.25) is 5.02 Å². The number of pyridine rings is 1. The van der Waals surface area contributed by atoms with Crippen LogP contribution in [0.1, 0.15) is 95.0 Å². The van der Waals surface area contributed by atoms with Crippen molar-refractivity contribution in [3.05, 3.63) is 93.7 Å². The fourth-order valence-electron chi connectivity index (χ4n) is 12.0. The van der Waals surface area contributed by atoms with Crippen LogP contribution >= 0.6 is 22.9 Å². The largest absolute Gasteiger partial charge is 0.489 e. The van der Waals surface area contributed by atoms with E-state index in [1.165, 1.54) is 4.90 Å². The van der Waals surface area contributed by atoms with Gasteiger partial charge < -0.3 is 40.7 Å². The van der Waals surface area contributed by atoms with Gasteiger partial charge in [0.2, 0.25) is 17.7 Å². The number of β-amino-alcohol motifs (C(OH)–C–C–N with tert-alkyl or cyclic N) is 1. The van der Waals surface area contributed by atoms with Gasteiger partial charge in [-0.25, -0.2) is 9.97 Å². The molecule has 4 aliphatic rings. The molecule has 3 saturated heterocycles. The van der Waals surface area contributed by atoms with E-state index in [0.717, 1.165) is 60.2 Å². The Bertz CT molecular complexity index is 2770. The van der Waals surface area contributed by atoms with Crippen LogP contribution in [0, 0.1) is 34.5 Å². The van der Waals surface area contributed by atoms with Gasteiger partial charge in [0.25, 0.3) is 5.91 Å². The average molecular weight is 1090 g/mol. The van der Waals surface area contributed by atoms with Crippen LogP contribution in [-0.2, 0) is 14.4 Å². The van der Waals surface area contributed by atoms with Crippen LogP contribution in [0.15, 0.2) is 66.3 Å². The summed E-state index contributed by atoms with van der Waals surface area (Å²) in [5, 5.41) is 40.2. The topological polar surface area (TPSA) is 220 Å². The summed E-state index contributed by atoms with van der Waals surface area (Å²) in [6.07, 6.45) is 0.613. The van der Waals surface area contributed by atoms with E-state index in [-0.39, 0.29) is 68.1 Å². The first-order chi connectivity index (χ1) is 36.5. The molecule has 2 aromatic heterocycles. The van der Waals surface area contributed by atoms with E-state index in [1.54, 1.807) is 41.8 Å². The number of hydrogen-bond donors (Lipinski definition) is 5. The molecule has 5 atom stereocenters. The molecule has 20 heteroatoms. The summed E-state index contributed by atoms with van der Waals surface area (Å²) in [4.78, 5) is 75.9. The second kappa shape index (κ2) is 23.7. The maximum absolute atomic E-state index is 14.3. The molecule has 0 unspecified atom stereocenters. The van der Waals surface area contributed by atoms with Gasteiger partial charge in [-0.05, 0) is 54.7 Å². The van der Waals surface area contributed by atoms with Crippen molar-refractivity contribution in [1.82, 2.24) is 45.5 Å². The molecule has 2 aromatic carbocycles. The highest BCUT2D eigenvalue weighted by molar-refractivity contribution is 7.13. The number of ether oxygens (including phenoxy) is 1. The number of aliphatic hydroxyl groups excluding tert-OH is 2.